The third-order valence-electron chi connectivity index (χ3n) is 7.97. The fraction of sp³-hybridized carbons (Fsp3) is 0.762. The number of aliphatic hydroxyl groups excluding tert-OH is 2. The molecule has 0 amide bonds. The molecule has 6 heteroatoms. The number of aliphatic carboxylic acids is 1. The molecule has 4 aliphatic rings. The first-order chi connectivity index (χ1) is 12.8. The van der Waals surface area contributed by atoms with Gasteiger partial charge in [0.15, 0.2) is 6.61 Å². The molecule has 4 N–H and O–H groups in total. The van der Waals surface area contributed by atoms with Crippen LogP contribution in [-0.4, -0.2) is 40.1 Å². The van der Waals surface area contributed by atoms with Gasteiger partial charge >= 0.3 is 5.97 Å². The van der Waals surface area contributed by atoms with Crippen molar-refractivity contribution in [2.45, 2.75) is 71.0 Å². The molecule has 0 aromatic heterocycles. The highest BCUT2D eigenvalue weighted by atomic mass is 16.7. The van der Waals surface area contributed by atoms with Crippen molar-refractivity contribution in [2.75, 3.05) is 6.61 Å². The zero-order valence-electron chi connectivity index (χ0n) is 16.2. The number of hydrogen-bond donors (Lipinski definition) is 4. The number of nitrogens with one attached hydrogen (secondary N) is 1. The lowest BCUT2D eigenvalue weighted by Crippen LogP contribution is -2.48. The number of hydrogen-bond acceptors (Lipinski definition) is 5. The van der Waals surface area contributed by atoms with Crippen molar-refractivity contribution in [3.63, 3.8) is 0 Å². The summed E-state index contributed by atoms with van der Waals surface area (Å²) in [5, 5.41) is 29.7. The van der Waals surface area contributed by atoms with Crippen LogP contribution in [0.2, 0.25) is 0 Å². The molecule has 0 aliphatic heterocycles. The quantitative estimate of drug-likeness (QED) is 0.562. The summed E-state index contributed by atoms with van der Waals surface area (Å²) in [4.78, 5) is 16.1. The second-order valence-corrected chi connectivity index (χ2v) is 9.38. The van der Waals surface area contributed by atoms with E-state index in [0.717, 1.165) is 44.2 Å². The maximum absolute atomic E-state index is 10.9. The monoisotopic (exact) mass is 377 g/mol. The number of rotatable bonds is 4. The zero-order chi connectivity index (χ0) is 19.4. The van der Waals surface area contributed by atoms with Crippen molar-refractivity contribution in [1.82, 2.24) is 5.48 Å². The van der Waals surface area contributed by atoms with Gasteiger partial charge in [-0.1, -0.05) is 19.4 Å². The van der Waals surface area contributed by atoms with E-state index in [4.69, 9.17) is 9.94 Å². The number of carbonyl (C=O) groups is 1. The van der Waals surface area contributed by atoms with E-state index in [0.29, 0.717) is 12.3 Å². The summed E-state index contributed by atoms with van der Waals surface area (Å²) in [6, 6.07) is 0. The van der Waals surface area contributed by atoms with Crippen molar-refractivity contribution in [3.8, 4) is 0 Å². The van der Waals surface area contributed by atoms with E-state index in [-0.39, 0.29) is 29.0 Å². The molecular formula is C21H31NO5. The standard InChI is InChI=1S/C21H31NO5/c1-20-7-5-13(23)9-12(20)10-16(22-27-11-18(25)26)19-14-3-4-17(24)21(14,2)8-6-15(19)20/h10,13-15,17,22-24H,3-9,11H2,1-2H3,(H,25,26)/t13-,14?,15?,17-,20-,21-/m0/s1. The predicted molar refractivity (Wildman–Crippen MR) is 99.4 cm³/mol. The first-order valence-corrected chi connectivity index (χ1v) is 10.2. The SMILES string of the molecule is C[C@]12CC[C@H](O)CC1=CC(NOCC(=O)O)=C1C2CC[C@@]2(C)C1CC[C@@H]2O. The Morgan fingerprint density at radius 3 is 2.70 bits per heavy atom. The Balaban J connectivity index is 1.75. The van der Waals surface area contributed by atoms with Crippen LogP contribution in [0.1, 0.15) is 58.8 Å². The molecule has 4 aliphatic carbocycles. The molecule has 2 unspecified atom stereocenters. The van der Waals surface area contributed by atoms with Gasteiger partial charge in [0.25, 0.3) is 0 Å². The summed E-state index contributed by atoms with van der Waals surface area (Å²) in [5.74, 6) is -0.385. The summed E-state index contributed by atoms with van der Waals surface area (Å²) in [7, 11) is 0. The highest BCUT2D eigenvalue weighted by molar-refractivity contribution is 5.68. The Morgan fingerprint density at radius 2 is 1.96 bits per heavy atom. The number of fused-ring (bicyclic) bond motifs is 5. The third-order valence-corrected chi connectivity index (χ3v) is 7.97. The van der Waals surface area contributed by atoms with E-state index in [1.165, 1.54) is 11.1 Å². The van der Waals surface area contributed by atoms with Crippen molar-refractivity contribution < 1.29 is 25.0 Å². The fourth-order valence-corrected chi connectivity index (χ4v) is 6.32. The number of aliphatic hydroxyl groups is 2. The second kappa shape index (κ2) is 6.61. The minimum atomic E-state index is -1.02. The first kappa shape index (κ1) is 19.0. The molecular weight excluding hydrogens is 346 g/mol. The summed E-state index contributed by atoms with van der Waals surface area (Å²) in [6.07, 6.45) is 7.71. The molecule has 0 bridgehead atoms. The van der Waals surface area contributed by atoms with Crippen LogP contribution in [-0.2, 0) is 9.63 Å². The van der Waals surface area contributed by atoms with Gasteiger partial charge < -0.3 is 15.3 Å². The van der Waals surface area contributed by atoms with Crippen molar-refractivity contribution >= 4 is 5.97 Å². The molecule has 0 radical (unpaired) electrons. The summed E-state index contributed by atoms with van der Waals surface area (Å²) < 4.78 is 0. The van der Waals surface area contributed by atoms with Gasteiger partial charge in [0.2, 0.25) is 0 Å². The Morgan fingerprint density at radius 1 is 1.19 bits per heavy atom. The maximum atomic E-state index is 10.9. The number of hydroxylamine groups is 1. The molecule has 150 valence electrons. The van der Waals surface area contributed by atoms with Gasteiger partial charge in [-0.25, -0.2) is 4.79 Å². The minimum absolute atomic E-state index is 0.0292. The van der Waals surface area contributed by atoms with Crippen molar-refractivity contribution in [2.24, 2.45) is 22.7 Å². The summed E-state index contributed by atoms with van der Waals surface area (Å²) in [6.45, 7) is 4.11. The topological polar surface area (TPSA) is 99.0 Å². The van der Waals surface area contributed by atoms with Gasteiger partial charge in [-0.05, 0) is 73.8 Å². The van der Waals surface area contributed by atoms with Gasteiger partial charge in [-0.2, -0.15) is 0 Å². The van der Waals surface area contributed by atoms with Crippen LogP contribution in [0.5, 0.6) is 0 Å². The van der Waals surface area contributed by atoms with Gasteiger partial charge in [0, 0.05) is 5.41 Å². The highest BCUT2D eigenvalue weighted by Crippen LogP contribution is 2.64. The Kier molecular flexibility index (Phi) is 4.64. The smallest absolute Gasteiger partial charge is 0.332 e. The molecule has 0 heterocycles. The Bertz CT molecular complexity index is 701. The molecule has 0 saturated heterocycles. The van der Waals surface area contributed by atoms with E-state index in [9.17, 15) is 15.0 Å². The van der Waals surface area contributed by atoms with Crippen molar-refractivity contribution in [3.05, 3.63) is 22.9 Å². The average Bonchev–Trinajstić information content (AvgIpc) is 2.91. The van der Waals surface area contributed by atoms with Crippen molar-refractivity contribution in [1.29, 1.82) is 0 Å². The molecule has 27 heavy (non-hydrogen) atoms. The average molecular weight is 377 g/mol. The maximum Gasteiger partial charge on any atom is 0.332 e. The Labute approximate surface area is 160 Å². The lowest BCUT2D eigenvalue weighted by atomic mass is 9.50. The summed E-state index contributed by atoms with van der Waals surface area (Å²) in [5.41, 5.74) is 6.22. The van der Waals surface area contributed by atoms with Crippen LogP contribution in [0.25, 0.3) is 0 Å². The predicted octanol–water partition coefficient (Wildman–Crippen LogP) is 2.52. The molecule has 4 rings (SSSR count). The van der Waals surface area contributed by atoms with Crippen LogP contribution < -0.4 is 5.48 Å². The van der Waals surface area contributed by atoms with E-state index in [1.807, 2.05) is 0 Å². The highest BCUT2D eigenvalue weighted by Gasteiger charge is 2.57. The van der Waals surface area contributed by atoms with E-state index in [2.05, 4.69) is 25.4 Å². The van der Waals surface area contributed by atoms with Gasteiger partial charge in [-0.3, -0.25) is 10.3 Å². The Hall–Kier alpha value is -1.37. The van der Waals surface area contributed by atoms with Crippen LogP contribution in [0.4, 0.5) is 0 Å². The van der Waals surface area contributed by atoms with E-state index in [1.54, 1.807) is 0 Å². The van der Waals surface area contributed by atoms with E-state index >= 15 is 0 Å². The lowest BCUT2D eigenvalue weighted by molar-refractivity contribution is -0.144. The van der Waals surface area contributed by atoms with Crippen LogP contribution in [0.3, 0.4) is 0 Å². The first-order valence-electron chi connectivity index (χ1n) is 10.2. The molecule has 0 aromatic rings. The molecule has 6 nitrogen and oxygen atoms in total. The molecule has 0 spiro atoms. The van der Waals surface area contributed by atoms with Gasteiger partial charge in [0.05, 0.1) is 17.9 Å². The normalized spacial score (nSPS) is 43.5. The third kappa shape index (κ3) is 2.93. The molecule has 0 aromatic carbocycles. The fourth-order valence-electron chi connectivity index (χ4n) is 6.32. The van der Waals surface area contributed by atoms with Gasteiger partial charge in [-0.15, -0.1) is 0 Å². The number of carboxylic acid groups (broad SMARTS) is 1. The molecule has 3 fully saturated rings. The lowest BCUT2D eigenvalue weighted by Gasteiger charge is -2.55. The van der Waals surface area contributed by atoms with Crippen LogP contribution in [0.15, 0.2) is 22.9 Å². The van der Waals surface area contributed by atoms with Gasteiger partial charge in [0.1, 0.15) is 0 Å². The summed E-state index contributed by atoms with van der Waals surface area (Å²) >= 11 is 0. The van der Waals surface area contributed by atoms with Crippen LogP contribution >= 0.6 is 0 Å². The number of carboxylic acids is 1. The van der Waals surface area contributed by atoms with Crippen LogP contribution in [0, 0.1) is 22.7 Å². The second-order valence-electron chi connectivity index (χ2n) is 9.38. The largest absolute Gasteiger partial charge is 0.479 e. The molecule has 6 atom stereocenters. The zero-order valence-corrected chi connectivity index (χ0v) is 16.2. The van der Waals surface area contributed by atoms with E-state index < -0.39 is 12.6 Å². The molecule has 3 saturated carbocycles. The minimum Gasteiger partial charge on any atom is -0.479 e. The number of allylic oxidation sites excluding steroid dienone is 2.